The molecule has 0 radical (unpaired) electrons. The molecular weight excluding hydrogens is 162 g/mol. The molecular formula is C11H15NO. The van der Waals surface area contributed by atoms with E-state index in [-0.39, 0.29) is 5.56 Å². The summed E-state index contributed by atoms with van der Waals surface area (Å²) in [4.78, 5) is 11.8. The Morgan fingerprint density at radius 3 is 2.85 bits per heavy atom. The van der Waals surface area contributed by atoms with Crippen molar-refractivity contribution in [2.75, 3.05) is 6.54 Å². The minimum atomic E-state index is -3.04. The molecule has 0 heterocycles. The number of amides is 1. The average Bonchev–Trinajstić information content (AvgIpc) is 2.33. The van der Waals surface area contributed by atoms with Crippen LogP contribution < -0.4 is 5.32 Å². The Balaban J connectivity index is 2.87. The van der Waals surface area contributed by atoms with Crippen LogP contribution in [0.4, 0.5) is 0 Å². The number of carbonyl (C=O) groups is 1. The zero-order valence-electron chi connectivity index (χ0n) is 14.0. The van der Waals surface area contributed by atoms with Gasteiger partial charge in [-0.05, 0) is 18.0 Å². The smallest absolute Gasteiger partial charge is 0.251 e. The molecule has 0 spiro atoms. The molecule has 0 bridgehead atoms. The summed E-state index contributed by atoms with van der Waals surface area (Å²) in [5, 5.41) is 2.21. The second-order valence-corrected chi connectivity index (χ2v) is 2.53. The van der Waals surface area contributed by atoms with Gasteiger partial charge < -0.3 is 5.32 Å². The lowest BCUT2D eigenvalue weighted by Gasteiger charge is -2.06. The van der Waals surface area contributed by atoms with Gasteiger partial charge in [0.2, 0.25) is 0 Å². The fourth-order valence-corrected chi connectivity index (χ4v) is 0.860. The van der Waals surface area contributed by atoms with Crippen LogP contribution in [0.5, 0.6) is 0 Å². The number of rotatable bonds is 3. The Morgan fingerprint density at radius 1 is 1.54 bits per heavy atom. The monoisotopic (exact) mass is 184 g/mol. The van der Waals surface area contributed by atoms with Crippen LogP contribution in [0.15, 0.2) is 30.3 Å². The topological polar surface area (TPSA) is 29.1 Å². The van der Waals surface area contributed by atoms with Crippen molar-refractivity contribution in [3.63, 3.8) is 0 Å². The summed E-state index contributed by atoms with van der Waals surface area (Å²) in [6.45, 7) is -6.86. The van der Waals surface area contributed by atoms with Crippen molar-refractivity contribution in [3.8, 4) is 0 Å². The van der Waals surface area contributed by atoms with Crippen molar-refractivity contribution in [3.05, 3.63) is 35.9 Å². The zero-order chi connectivity index (χ0) is 15.6. The maximum absolute atomic E-state index is 11.8. The molecule has 0 fully saturated rings. The highest BCUT2D eigenvalue weighted by molar-refractivity contribution is 5.94. The van der Waals surface area contributed by atoms with Gasteiger partial charge in [-0.1, -0.05) is 31.9 Å². The van der Waals surface area contributed by atoms with Crippen LogP contribution in [0, 0.1) is 5.89 Å². The predicted octanol–water partition coefficient (Wildman–Crippen LogP) is 2.07. The third-order valence-corrected chi connectivity index (χ3v) is 1.46. The van der Waals surface area contributed by atoms with E-state index in [1.54, 1.807) is 18.2 Å². The Hall–Kier alpha value is -1.31. The van der Waals surface area contributed by atoms with Crippen molar-refractivity contribution in [2.45, 2.75) is 13.7 Å². The largest absolute Gasteiger partial charge is 0.352 e. The van der Waals surface area contributed by atoms with Crippen LogP contribution in [0.2, 0.25) is 0 Å². The number of hydrogen-bond acceptors (Lipinski definition) is 1. The van der Waals surface area contributed by atoms with Crippen molar-refractivity contribution >= 4 is 5.91 Å². The Labute approximate surface area is 88.8 Å². The molecule has 0 aromatic heterocycles. The molecule has 0 aliphatic heterocycles. The summed E-state index contributed by atoms with van der Waals surface area (Å²) in [5.41, 5.74) is 0.269. The van der Waals surface area contributed by atoms with E-state index < -0.39 is 32.0 Å². The van der Waals surface area contributed by atoms with Gasteiger partial charge in [-0.25, -0.2) is 0 Å². The Kier molecular flexibility index (Phi) is 1.37. The third-order valence-electron chi connectivity index (χ3n) is 1.46. The lowest BCUT2D eigenvalue weighted by Crippen LogP contribution is -2.27. The molecule has 70 valence electrons. The normalized spacial score (nSPS) is 20.8. The first kappa shape index (κ1) is 3.82. The summed E-state index contributed by atoms with van der Waals surface area (Å²) in [5.74, 6) is -3.36. The Bertz CT molecular complexity index is 452. The van der Waals surface area contributed by atoms with Gasteiger partial charge in [-0.15, -0.1) is 0 Å². The molecule has 0 aliphatic rings. The SMILES string of the molecule is [2H]C([2H])([2H])C([2H])(CNC(=O)c1ccccc1)C([2H])([2H])[2H]. The minimum absolute atomic E-state index is 0.269. The molecule has 1 rings (SSSR count). The molecule has 0 unspecified atom stereocenters. The minimum Gasteiger partial charge on any atom is -0.352 e. The molecule has 1 aromatic rings. The molecule has 1 aromatic carbocycles. The van der Waals surface area contributed by atoms with E-state index in [1.807, 2.05) is 0 Å². The standard InChI is InChI=1S/C11H15NO/c1-9(2)8-12-11(13)10-6-4-3-5-7-10/h3-7,9H,8H2,1-2H3,(H,12,13)/i1D3,2D3,9D. The molecule has 2 heteroatoms. The average molecular weight is 184 g/mol. The first-order valence-electron chi connectivity index (χ1n) is 7.32. The van der Waals surface area contributed by atoms with Gasteiger partial charge in [0.1, 0.15) is 0 Å². The molecule has 0 aliphatic carbocycles. The van der Waals surface area contributed by atoms with Crippen LogP contribution in [0.25, 0.3) is 0 Å². The Morgan fingerprint density at radius 2 is 2.23 bits per heavy atom. The van der Waals surface area contributed by atoms with Gasteiger partial charge in [0.15, 0.2) is 0 Å². The van der Waals surface area contributed by atoms with E-state index >= 15 is 0 Å². The van der Waals surface area contributed by atoms with Gasteiger partial charge in [0, 0.05) is 21.7 Å². The van der Waals surface area contributed by atoms with E-state index in [4.69, 9.17) is 9.60 Å². The molecule has 1 N–H and O–H groups in total. The second-order valence-electron chi connectivity index (χ2n) is 2.53. The molecule has 0 saturated carbocycles. The van der Waals surface area contributed by atoms with Gasteiger partial charge in [-0.2, -0.15) is 0 Å². The van der Waals surface area contributed by atoms with Crippen LogP contribution in [-0.2, 0) is 0 Å². The van der Waals surface area contributed by atoms with E-state index in [0.29, 0.717) is 0 Å². The molecule has 2 nitrogen and oxygen atoms in total. The zero-order valence-corrected chi connectivity index (χ0v) is 7.00. The van der Waals surface area contributed by atoms with E-state index in [9.17, 15) is 4.79 Å². The molecule has 0 saturated heterocycles. The van der Waals surface area contributed by atoms with E-state index in [0.717, 1.165) is 0 Å². The maximum atomic E-state index is 11.8. The summed E-state index contributed by atoms with van der Waals surface area (Å²) in [6, 6.07) is 7.96. The highest BCUT2D eigenvalue weighted by atomic mass is 16.1. The fourth-order valence-electron chi connectivity index (χ4n) is 0.860. The van der Waals surface area contributed by atoms with Crippen LogP contribution in [0.1, 0.15) is 33.7 Å². The van der Waals surface area contributed by atoms with Crippen LogP contribution in [0.3, 0.4) is 0 Å². The lowest BCUT2D eigenvalue weighted by molar-refractivity contribution is 0.0949. The molecule has 1 amide bonds. The van der Waals surface area contributed by atoms with Crippen molar-refractivity contribution < 1.29 is 14.4 Å². The van der Waals surface area contributed by atoms with Crippen molar-refractivity contribution in [1.82, 2.24) is 5.32 Å². The van der Waals surface area contributed by atoms with E-state index in [1.165, 1.54) is 12.1 Å². The molecule has 0 atom stereocenters. The summed E-state index contributed by atoms with van der Waals surface area (Å²) in [6.07, 6.45) is 0. The van der Waals surface area contributed by atoms with Gasteiger partial charge in [0.05, 0.1) is 0 Å². The number of nitrogens with one attached hydrogen (secondary N) is 1. The van der Waals surface area contributed by atoms with Crippen LogP contribution >= 0.6 is 0 Å². The van der Waals surface area contributed by atoms with E-state index in [2.05, 4.69) is 5.32 Å². The maximum Gasteiger partial charge on any atom is 0.251 e. The fraction of sp³-hybridized carbons (Fsp3) is 0.364. The van der Waals surface area contributed by atoms with Gasteiger partial charge in [-0.3, -0.25) is 4.79 Å². The first-order chi connectivity index (χ1) is 8.99. The van der Waals surface area contributed by atoms with Crippen molar-refractivity contribution in [1.29, 1.82) is 0 Å². The first-order valence-corrected chi connectivity index (χ1v) is 3.82. The second kappa shape index (κ2) is 4.65. The number of hydrogen-bond donors (Lipinski definition) is 1. The van der Waals surface area contributed by atoms with Gasteiger partial charge >= 0.3 is 0 Å². The third kappa shape index (κ3) is 3.28. The predicted molar refractivity (Wildman–Crippen MR) is 53.6 cm³/mol. The summed E-state index contributed by atoms with van der Waals surface area (Å²) < 4.78 is 51.1. The number of carbonyl (C=O) groups excluding carboxylic acids is 1. The summed E-state index contributed by atoms with van der Waals surface area (Å²) >= 11 is 0. The van der Waals surface area contributed by atoms with Crippen LogP contribution in [-0.4, -0.2) is 12.5 Å². The molecule has 13 heavy (non-hydrogen) atoms. The van der Waals surface area contributed by atoms with Gasteiger partial charge in [0.25, 0.3) is 5.91 Å². The lowest BCUT2D eigenvalue weighted by atomic mass is 10.2. The number of benzene rings is 1. The quantitative estimate of drug-likeness (QED) is 0.765. The highest BCUT2D eigenvalue weighted by Crippen LogP contribution is 1.98. The highest BCUT2D eigenvalue weighted by Gasteiger charge is 2.03. The summed E-state index contributed by atoms with van der Waals surface area (Å²) in [7, 11) is 0. The van der Waals surface area contributed by atoms with Crippen molar-refractivity contribution in [2.24, 2.45) is 5.89 Å².